The van der Waals surface area contributed by atoms with Crippen LogP contribution in [0, 0.1) is 6.92 Å². The minimum Gasteiger partial charge on any atom is -0.339 e. The Hall–Kier alpha value is -2.44. The number of rotatable bonds is 2. The van der Waals surface area contributed by atoms with E-state index in [1.165, 1.54) is 29.9 Å². The molecule has 0 aliphatic carbocycles. The Kier molecular flexibility index (Phi) is 4.04. The molecule has 1 aliphatic heterocycles. The van der Waals surface area contributed by atoms with E-state index in [9.17, 15) is 9.59 Å². The van der Waals surface area contributed by atoms with E-state index in [1.807, 2.05) is 11.8 Å². The van der Waals surface area contributed by atoms with E-state index < -0.39 is 0 Å². The van der Waals surface area contributed by atoms with Gasteiger partial charge in [-0.15, -0.1) is 0 Å². The highest BCUT2D eigenvalue weighted by Crippen LogP contribution is 2.17. The van der Waals surface area contributed by atoms with E-state index in [0.717, 1.165) is 25.9 Å². The lowest BCUT2D eigenvalue weighted by atomic mass is 10.2. The Morgan fingerprint density at radius 1 is 1.23 bits per heavy atom. The zero-order valence-corrected chi connectivity index (χ0v) is 12.6. The van der Waals surface area contributed by atoms with Gasteiger partial charge in [0, 0.05) is 19.2 Å². The molecule has 0 aromatic carbocycles. The zero-order chi connectivity index (χ0) is 15.5. The van der Waals surface area contributed by atoms with Crippen LogP contribution in [0.4, 0.5) is 0 Å². The Morgan fingerprint density at radius 2 is 1.95 bits per heavy atom. The van der Waals surface area contributed by atoms with Crippen LogP contribution in [0.3, 0.4) is 0 Å². The summed E-state index contributed by atoms with van der Waals surface area (Å²) >= 11 is 0. The van der Waals surface area contributed by atoms with Gasteiger partial charge in [-0.05, 0) is 19.8 Å². The fourth-order valence-corrected chi connectivity index (χ4v) is 2.77. The topological polar surface area (TPSA) is 83.9 Å². The molecule has 0 saturated carbocycles. The van der Waals surface area contributed by atoms with Crippen LogP contribution in [0.2, 0.25) is 0 Å². The van der Waals surface area contributed by atoms with Gasteiger partial charge in [0.2, 0.25) is 0 Å². The van der Waals surface area contributed by atoms with E-state index in [2.05, 4.69) is 15.1 Å². The standard InChI is InChI=1S/C15H19N5O2/c1-11-12(15(22)19-6-4-2-3-5-7-19)9-18-20(11)13-8-14(21)17-10-16-13/h8-10H,2-7H2,1H3,(H,16,17,21). The molecule has 116 valence electrons. The third-order valence-electron chi connectivity index (χ3n) is 4.01. The Morgan fingerprint density at radius 3 is 2.64 bits per heavy atom. The summed E-state index contributed by atoms with van der Waals surface area (Å²) < 4.78 is 1.53. The maximum absolute atomic E-state index is 12.7. The number of nitrogens with one attached hydrogen (secondary N) is 1. The van der Waals surface area contributed by atoms with Crippen molar-refractivity contribution in [1.82, 2.24) is 24.6 Å². The lowest BCUT2D eigenvalue weighted by Gasteiger charge is -2.19. The van der Waals surface area contributed by atoms with Crippen LogP contribution >= 0.6 is 0 Å². The fourth-order valence-electron chi connectivity index (χ4n) is 2.77. The molecular formula is C15H19N5O2. The number of amides is 1. The van der Waals surface area contributed by atoms with Gasteiger partial charge in [-0.25, -0.2) is 9.67 Å². The molecule has 3 heterocycles. The van der Waals surface area contributed by atoms with Gasteiger partial charge in [-0.2, -0.15) is 5.10 Å². The van der Waals surface area contributed by atoms with Crippen molar-refractivity contribution in [3.05, 3.63) is 40.2 Å². The first-order valence-corrected chi connectivity index (χ1v) is 7.56. The molecule has 0 atom stereocenters. The number of likely N-dealkylation sites (tertiary alicyclic amines) is 1. The van der Waals surface area contributed by atoms with Gasteiger partial charge in [0.05, 0.1) is 23.8 Å². The molecule has 0 spiro atoms. The summed E-state index contributed by atoms with van der Waals surface area (Å²) in [6.45, 7) is 3.42. The highest BCUT2D eigenvalue weighted by atomic mass is 16.2. The smallest absolute Gasteiger partial charge is 0.257 e. The fraction of sp³-hybridized carbons (Fsp3) is 0.467. The number of nitrogens with zero attached hydrogens (tertiary/aromatic N) is 4. The number of aromatic nitrogens is 4. The highest BCUT2D eigenvalue weighted by molar-refractivity contribution is 5.95. The van der Waals surface area contributed by atoms with Gasteiger partial charge in [-0.1, -0.05) is 12.8 Å². The summed E-state index contributed by atoms with van der Waals surface area (Å²) in [4.78, 5) is 32.5. The second kappa shape index (κ2) is 6.13. The van der Waals surface area contributed by atoms with Crippen LogP contribution in [0.25, 0.3) is 5.82 Å². The number of hydrogen-bond donors (Lipinski definition) is 1. The summed E-state index contributed by atoms with van der Waals surface area (Å²) in [6.07, 6.45) is 7.35. The van der Waals surface area contributed by atoms with Crippen LogP contribution in [0.5, 0.6) is 0 Å². The SMILES string of the molecule is Cc1c(C(=O)N2CCCCCC2)cnn1-c1cc(=O)[nH]cn1. The lowest BCUT2D eigenvalue weighted by molar-refractivity contribution is 0.0761. The lowest BCUT2D eigenvalue weighted by Crippen LogP contribution is -2.32. The van der Waals surface area contributed by atoms with Crippen LogP contribution in [-0.4, -0.2) is 43.6 Å². The molecule has 0 unspecified atom stereocenters. The predicted octanol–water partition coefficient (Wildman–Crippen LogP) is 1.28. The largest absolute Gasteiger partial charge is 0.339 e. The van der Waals surface area contributed by atoms with Gasteiger partial charge >= 0.3 is 0 Å². The number of carbonyl (C=O) groups is 1. The molecule has 7 heteroatoms. The van der Waals surface area contributed by atoms with Crippen LogP contribution in [0.1, 0.15) is 41.7 Å². The van der Waals surface area contributed by atoms with Gasteiger partial charge < -0.3 is 9.88 Å². The van der Waals surface area contributed by atoms with E-state index in [4.69, 9.17) is 0 Å². The predicted molar refractivity (Wildman–Crippen MR) is 81.1 cm³/mol. The van der Waals surface area contributed by atoms with Crippen molar-refractivity contribution in [1.29, 1.82) is 0 Å². The number of hydrogen-bond acceptors (Lipinski definition) is 4. The maximum Gasteiger partial charge on any atom is 0.257 e. The first-order valence-electron chi connectivity index (χ1n) is 7.56. The Bertz CT molecular complexity index is 726. The summed E-state index contributed by atoms with van der Waals surface area (Å²) in [5.74, 6) is 0.423. The van der Waals surface area contributed by atoms with Gasteiger partial charge in [-0.3, -0.25) is 9.59 Å². The van der Waals surface area contributed by atoms with Crippen LogP contribution in [-0.2, 0) is 0 Å². The van der Waals surface area contributed by atoms with Gasteiger partial charge in [0.15, 0.2) is 5.82 Å². The molecule has 7 nitrogen and oxygen atoms in total. The summed E-state index contributed by atoms with van der Waals surface area (Å²) in [6, 6.07) is 1.36. The second-order valence-electron chi connectivity index (χ2n) is 5.53. The second-order valence-corrected chi connectivity index (χ2v) is 5.53. The average Bonchev–Trinajstić information content (AvgIpc) is 2.73. The maximum atomic E-state index is 12.7. The van der Waals surface area contributed by atoms with Gasteiger partial charge in [0.25, 0.3) is 11.5 Å². The molecule has 2 aromatic heterocycles. The van der Waals surface area contributed by atoms with Crippen molar-refractivity contribution in [3.8, 4) is 5.82 Å². The monoisotopic (exact) mass is 301 g/mol. The normalized spacial score (nSPS) is 15.6. The first-order chi connectivity index (χ1) is 10.7. The summed E-state index contributed by atoms with van der Waals surface area (Å²) in [5, 5.41) is 4.22. The highest BCUT2D eigenvalue weighted by Gasteiger charge is 2.22. The third kappa shape index (κ3) is 2.79. The zero-order valence-electron chi connectivity index (χ0n) is 12.6. The Labute approximate surface area is 128 Å². The quantitative estimate of drug-likeness (QED) is 0.905. The van der Waals surface area contributed by atoms with Crippen LogP contribution < -0.4 is 5.56 Å². The molecule has 22 heavy (non-hydrogen) atoms. The summed E-state index contributed by atoms with van der Waals surface area (Å²) in [5.41, 5.74) is 1.02. The van der Waals surface area contributed by atoms with E-state index >= 15 is 0 Å². The Balaban J connectivity index is 1.89. The van der Waals surface area contributed by atoms with Crippen molar-refractivity contribution < 1.29 is 4.79 Å². The van der Waals surface area contributed by atoms with Crippen molar-refractivity contribution in [2.45, 2.75) is 32.6 Å². The van der Waals surface area contributed by atoms with Crippen molar-refractivity contribution in [3.63, 3.8) is 0 Å². The minimum absolute atomic E-state index is 0.00971. The van der Waals surface area contributed by atoms with Crippen molar-refractivity contribution in [2.24, 2.45) is 0 Å². The molecule has 1 saturated heterocycles. The minimum atomic E-state index is -0.250. The molecule has 1 fully saturated rings. The molecule has 1 aliphatic rings. The molecule has 1 amide bonds. The molecule has 2 aromatic rings. The third-order valence-corrected chi connectivity index (χ3v) is 4.01. The van der Waals surface area contributed by atoms with Crippen molar-refractivity contribution >= 4 is 5.91 Å². The van der Waals surface area contributed by atoms with Crippen LogP contribution in [0.15, 0.2) is 23.4 Å². The average molecular weight is 301 g/mol. The molecular weight excluding hydrogens is 282 g/mol. The van der Waals surface area contributed by atoms with E-state index in [1.54, 1.807) is 6.20 Å². The molecule has 3 rings (SSSR count). The van der Waals surface area contributed by atoms with E-state index in [0.29, 0.717) is 17.1 Å². The molecule has 0 radical (unpaired) electrons. The van der Waals surface area contributed by atoms with Crippen molar-refractivity contribution in [2.75, 3.05) is 13.1 Å². The number of carbonyl (C=O) groups excluding carboxylic acids is 1. The van der Waals surface area contributed by atoms with E-state index in [-0.39, 0.29) is 11.5 Å². The molecule has 0 bridgehead atoms. The number of aromatic amines is 1. The molecule has 1 N–H and O–H groups in total. The van der Waals surface area contributed by atoms with Gasteiger partial charge in [0.1, 0.15) is 0 Å². The first kappa shape index (κ1) is 14.5. The summed E-state index contributed by atoms with van der Waals surface area (Å²) in [7, 11) is 0. The number of H-pyrrole nitrogens is 1.